The number of aromatic amines is 1. The molecule has 8 heteroatoms. The van der Waals surface area contributed by atoms with Gasteiger partial charge in [-0.15, -0.1) is 0 Å². The summed E-state index contributed by atoms with van der Waals surface area (Å²) in [6, 6.07) is 8.77. The number of H-pyrrole nitrogens is 1. The van der Waals surface area contributed by atoms with Crippen LogP contribution >= 0.6 is 11.6 Å². The number of piperidine rings is 1. The molecular formula is C23H29ClN6O. The van der Waals surface area contributed by atoms with Crippen LogP contribution in [-0.4, -0.2) is 58.0 Å². The quantitative estimate of drug-likeness (QED) is 0.542. The predicted molar refractivity (Wildman–Crippen MR) is 125 cm³/mol. The summed E-state index contributed by atoms with van der Waals surface area (Å²) in [4.78, 5) is 26.6. The van der Waals surface area contributed by atoms with Gasteiger partial charge >= 0.3 is 0 Å². The van der Waals surface area contributed by atoms with Crippen molar-refractivity contribution in [1.29, 1.82) is 0 Å². The lowest BCUT2D eigenvalue weighted by Gasteiger charge is -2.35. The zero-order valence-corrected chi connectivity index (χ0v) is 19.0. The Balaban J connectivity index is 1.55. The number of nitrogens with zero attached hydrogens (tertiary/aromatic N) is 3. The number of amides is 1. The van der Waals surface area contributed by atoms with Crippen molar-refractivity contribution in [2.45, 2.75) is 45.2 Å². The van der Waals surface area contributed by atoms with Crippen molar-refractivity contribution >= 4 is 34.4 Å². The molecule has 1 aliphatic heterocycles. The van der Waals surface area contributed by atoms with E-state index in [9.17, 15) is 4.79 Å². The van der Waals surface area contributed by atoms with Crippen LogP contribution < -0.4 is 10.6 Å². The highest BCUT2D eigenvalue weighted by Crippen LogP contribution is 2.32. The van der Waals surface area contributed by atoms with Gasteiger partial charge in [-0.1, -0.05) is 35.9 Å². The molecular weight excluding hydrogens is 412 g/mol. The first-order valence-electron chi connectivity index (χ1n) is 10.8. The first-order chi connectivity index (χ1) is 14.9. The first-order valence-corrected chi connectivity index (χ1v) is 11.2. The zero-order chi connectivity index (χ0) is 22.0. The van der Waals surface area contributed by atoms with Crippen molar-refractivity contribution in [3.8, 4) is 11.4 Å². The van der Waals surface area contributed by atoms with Crippen molar-refractivity contribution in [3.05, 3.63) is 41.0 Å². The van der Waals surface area contributed by atoms with Crippen LogP contribution in [0.2, 0.25) is 5.02 Å². The third kappa shape index (κ3) is 4.83. The van der Waals surface area contributed by atoms with Crippen LogP contribution in [0.1, 0.15) is 32.3 Å². The normalized spacial score (nSPS) is 15.5. The van der Waals surface area contributed by atoms with Crippen molar-refractivity contribution in [1.82, 2.24) is 25.2 Å². The van der Waals surface area contributed by atoms with E-state index in [2.05, 4.69) is 44.3 Å². The number of imidazole rings is 1. The summed E-state index contributed by atoms with van der Waals surface area (Å²) in [6.45, 7) is 6.65. The fraction of sp³-hybridized carbons (Fsp3) is 0.435. The number of fused-ring (bicyclic) bond motifs is 1. The zero-order valence-electron chi connectivity index (χ0n) is 18.2. The number of benzene rings is 1. The molecule has 2 aromatic heterocycles. The Labute approximate surface area is 187 Å². The molecule has 3 heterocycles. The maximum atomic E-state index is 11.6. The smallest absolute Gasteiger partial charge is 0.224 e. The van der Waals surface area contributed by atoms with E-state index in [4.69, 9.17) is 11.6 Å². The molecule has 7 nitrogen and oxygen atoms in total. The second kappa shape index (κ2) is 9.24. The molecule has 164 valence electrons. The highest BCUT2D eigenvalue weighted by atomic mass is 35.5. The largest absolute Gasteiger partial charge is 0.379 e. The van der Waals surface area contributed by atoms with Gasteiger partial charge in [-0.05, 0) is 32.3 Å². The lowest BCUT2D eigenvalue weighted by Crippen LogP contribution is -2.42. The van der Waals surface area contributed by atoms with E-state index in [-0.39, 0.29) is 5.91 Å². The van der Waals surface area contributed by atoms with Crippen LogP contribution in [0.15, 0.2) is 30.5 Å². The van der Waals surface area contributed by atoms with E-state index in [0.717, 1.165) is 54.1 Å². The fourth-order valence-corrected chi connectivity index (χ4v) is 4.23. The standard InChI is InChI=1S/C23H29ClN6O/c1-14(2)30-10-8-17(9-11-30)27-20-18(24)13-26-23-21(20)28-22(29-23)16-6-4-15(5-7-16)12-19(31)25-3/h4-7,13-14,17H,8-12H2,1-3H3,(H,25,31)(H2,26,27,28,29). The molecule has 1 amide bonds. The second-order valence-electron chi connectivity index (χ2n) is 8.36. The molecule has 4 rings (SSSR count). The molecule has 0 unspecified atom stereocenters. The van der Waals surface area contributed by atoms with E-state index in [1.54, 1.807) is 13.2 Å². The number of anilines is 1. The molecule has 3 N–H and O–H groups in total. The van der Waals surface area contributed by atoms with Gasteiger partial charge < -0.3 is 20.5 Å². The summed E-state index contributed by atoms with van der Waals surface area (Å²) in [6.07, 6.45) is 4.17. The van der Waals surface area contributed by atoms with Gasteiger partial charge in [0.15, 0.2) is 5.65 Å². The Bertz CT molecular complexity index is 1050. The number of rotatable bonds is 6. The van der Waals surface area contributed by atoms with E-state index in [0.29, 0.717) is 29.2 Å². The van der Waals surface area contributed by atoms with Crippen LogP contribution in [-0.2, 0) is 11.2 Å². The molecule has 0 spiro atoms. The Hall–Kier alpha value is -2.64. The van der Waals surface area contributed by atoms with Gasteiger partial charge in [0.25, 0.3) is 0 Å². The SMILES string of the molecule is CNC(=O)Cc1ccc(-c2nc3ncc(Cl)c(NC4CCN(C(C)C)CC4)c3[nH]2)cc1. The van der Waals surface area contributed by atoms with Gasteiger partial charge in [0.1, 0.15) is 11.3 Å². The minimum absolute atomic E-state index is 0.00901. The van der Waals surface area contributed by atoms with Gasteiger partial charge in [0, 0.05) is 37.8 Å². The number of hydrogen-bond donors (Lipinski definition) is 3. The minimum atomic E-state index is -0.00901. The summed E-state index contributed by atoms with van der Waals surface area (Å²) in [7, 11) is 1.64. The van der Waals surface area contributed by atoms with Gasteiger partial charge in [-0.25, -0.2) is 9.97 Å². The van der Waals surface area contributed by atoms with Crippen molar-refractivity contribution < 1.29 is 4.79 Å². The van der Waals surface area contributed by atoms with Crippen LogP contribution in [0.25, 0.3) is 22.6 Å². The summed E-state index contributed by atoms with van der Waals surface area (Å²) in [5.74, 6) is 0.721. The van der Waals surface area contributed by atoms with E-state index >= 15 is 0 Å². The molecule has 0 radical (unpaired) electrons. The molecule has 0 saturated carbocycles. The number of aromatic nitrogens is 3. The number of halogens is 1. The van der Waals surface area contributed by atoms with Crippen molar-refractivity contribution in [2.24, 2.45) is 0 Å². The lowest BCUT2D eigenvalue weighted by atomic mass is 10.0. The Morgan fingerprint density at radius 2 is 1.97 bits per heavy atom. The molecule has 31 heavy (non-hydrogen) atoms. The van der Waals surface area contributed by atoms with Crippen LogP contribution in [0.3, 0.4) is 0 Å². The van der Waals surface area contributed by atoms with Gasteiger partial charge in [-0.2, -0.15) is 0 Å². The monoisotopic (exact) mass is 440 g/mol. The summed E-state index contributed by atoms with van der Waals surface area (Å²) < 4.78 is 0. The molecule has 0 aliphatic carbocycles. The molecule has 1 aliphatic rings. The number of likely N-dealkylation sites (tertiary alicyclic amines) is 1. The maximum Gasteiger partial charge on any atom is 0.224 e. The molecule has 1 saturated heterocycles. The lowest BCUT2D eigenvalue weighted by molar-refractivity contribution is -0.119. The van der Waals surface area contributed by atoms with E-state index < -0.39 is 0 Å². The van der Waals surface area contributed by atoms with Crippen molar-refractivity contribution in [2.75, 3.05) is 25.5 Å². The molecule has 0 atom stereocenters. The number of hydrogen-bond acceptors (Lipinski definition) is 5. The minimum Gasteiger partial charge on any atom is -0.379 e. The summed E-state index contributed by atoms with van der Waals surface area (Å²) in [5, 5.41) is 6.87. The predicted octanol–water partition coefficient (Wildman–Crippen LogP) is 3.85. The molecule has 3 aromatic rings. The average Bonchev–Trinajstić information content (AvgIpc) is 3.21. The number of carbonyl (C=O) groups excluding carboxylic acids is 1. The highest BCUT2D eigenvalue weighted by Gasteiger charge is 2.23. The van der Waals surface area contributed by atoms with Gasteiger partial charge in [0.05, 0.1) is 23.3 Å². The fourth-order valence-electron chi connectivity index (χ4n) is 4.03. The van der Waals surface area contributed by atoms with Crippen LogP contribution in [0.4, 0.5) is 5.69 Å². The van der Waals surface area contributed by atoms with Gasteiger partial charge in [0.2, 0.25) is 5.91 Å². The third-order valence-corrected chi connectivity index (χ3v) is 6.24. The Morgan fingerprint density at radius 3 is 2.61 bits per heavy atom. The van der Waals surface area contributed by atoms with Gasteiger partial charge in [-0.3, -0.25) is 4.79 Å². The molecule has 1 fully saturated rings. The average molecular weight is 441 g/mol. The van der Waals surface area contributed by atoms with Crippen LogP contribution in [0, 0.1) is 0 Å². The second-order valence-corrected chi connectivity index (χ2v) is 8.77. The summed E-state index contributed by atoms with van der Waals surface area (Å²) in [5.41, 5.74) is 4.21. The number of carbonyl (C=O) groups is 1. The Morgan fingerprint density at radius 1 is 1.26 bits per heavy atom. The Kier molecular flexibility index (Phi) is 6.43. The number of nitrogens with one attached hydrogen (secondary N) is 3. The highest BCUT2D eigenvalue weighted by molar-refractivity contribution is 6.34. The van der Waals surface area contributed by atoms with Crippen molar-refractivity contribution in [3.63, 3.8) is 0 Å². The van der Waals surface area contributed by atoms with E-state index in [1.165, 1.54) is 0 Å². The van der Waals surface area contributed by atoms with Crippen LogP contribution in [0.5, 0.6) is 0 Å². The topological polar surface area (TPSA) is 85.9 Å². The maximum absolute atomic E-state index is 11.6. The first kappa shape index (κ1) is 21.6. The number of likely N-dealkylation sites (N-methyl/N-ethyl adjacent to an activating group) is 1. The third-order valence-electron chi connectivity index (χ3n) is 5.95. The summed E-state index contributed by atoms with van der Waals surface area (Å²) >= 11 is 6.52. The number of pyridine rings is 1. The molecule has 0 bridgehead atoms. The van der Waals surface area contributed by atoms with E-state index in [1.807, 2.05) is 24.3 Å². The molecule has 1 aromatic carbocycles.